The van der Waals surface area contributed by atoms with E-state index in [4.69, 9.17) is 4.99 Å². The fourth-order valence-electron chi connectivity index (χ4n) is 12.0. The Labute approximate surface area is 391 Å². The van der Waals surface area contributed by atoms with Gasteiger partial charge in [-0.05, 0) is 98.9 Å². The molecule has 3 aliphatic carbocycles. The normalized spacial score (nSPS) is 30.3. The Bertz CT molecular complexity index is 2860. The van der Waals surface area contributed by atoms with Crippen molar-refractivity contribution in [2.75, 3.05) is 7.05 Å². The predicted octanol–water partition coefficient (Wildman–Crippen LogP) is 14.7. The summed E-state index contributed by atoms with van der Waals surface area (Å²) < 4.78 is 0. The third kappa shape index (κ3) is 7.15. The maximum absolute atomic E-state index is 5.54. The van der Waals surface area contributed by atoms with Crippen LogP contribution in [-0.2, 0) is 5.41 Å². The second-order valence-corrected chi connectivity index (χ2v) is 21.3. The van der Waals surface area contributed by atoms with Crippen molar-refractivity contribution in [3.05, 3.63) is 226 Å². The van der Waals surface area contributed by atoms with Crippen molar-refractivity contribution in [1.29, 1.82) is 0 Å². The molecule has 9 atom stereocenters. The van der Waals surface area contributed by atoms with Gasteiger partial charge in [-0.25, -0.2) is 0 Å². The van der Waals surface area contributed by atoms with Gasteiger partial charge in [0.15, 0.2) is 0 Å². The SMILES string of the molecule is CC1C=CC(C2(C)C=CC(C3NC(c4ccc(C5C6Sc7ccccc7C6(C)C6=C(C(C)CC=C6c6cccc(-c7ccccc7)c6)N5C)cc4)=NC(c4ccccc4)C3C)=CC2)=CC1. The molecule has 0 spiro atoms. The Balaban J connectivity index is 0.948. The van der Waals surface area contributed by atoms with E-state index < -0.39 is 0 Å². The molecule has 5 aromatic carbocycles. The molecule has 0 saturated heterocycles. The van der Waals surface area contributed by atoms with Crippen molar-refractivity contribution in [1.82, 2.24) is 10.2 Å². The predicted molar refractivity (Wildman–Crippen MR) is 274 cm³/mol. The van der Waals surface area contributed by atoms with Gasteiger partial charge in [0.2, 0.25) is 0 Å². The van der Waals surface area contributed by atoms with E-state index in [0.29, 0.717) is 11.8 Å². The van der Waals surface area contributed by atoms with Gasteiger partial charge in [0, 0.05) is 45.2 Å². The Morgan fingerprint density at radius 2 is 1.42 bits per heavy atom. The van der Waals surface area contributed by atoms with Crippen molar-refractivity contribution < 1.29 is 0 Å². The van der Waals surface area contributed by atoms with Gasteiger partial charge in [0.25, 0.3) is 0 Å². The minimum Gasteiger partial charge on any atom is -0.369 e. The molecule has 0 fully saturated rings. The fraction of sp³-hybridized carbons (Fsp3) is 0.295. The van der Waals surface area contributed by atoms with Gasteiger partial charge >= 0.3 is 0 Å². The second kappa shape index (κ2) is 16.5. The number of nitrogens with one attached hydrogen (secondary N) is 1. The summed E-state index contributed by atoms with van der Waals surface area (Å²) in [6, 6.07) is 50.1. The lowest BCUT2D eigenvalue weighted by atomic mass is 9.61. The van der Waals surface area contributed by atoms with Gasteiger partial charge in [-0.1, -0.05) is 198 Å². The van der Waals surface area contributed by atoms with E-state index in [1.807, 2.05) is 0 Å². The number of amidine groups is 1. The van der Waals surface area contributed by atoms with Gasteiger partial charge in [-0.3, -0.25) is 4.99 Å². The highest BCUT2D eigenvalue weighted by Crippen LogP contribution is 2.65. The first-order valence-corrected chi connectivity index (χ1v) is 24.9. The smallest absolute Gasteiger partial charge is 0.129 e. The first kappa shape index (κ1) is 41.8. The second-order valence-electron chi connectivity index (χ2n) is 20.1. The molecule has 6 aliphatic rings. The number of thioether (sulfide) groups is 1. The molecule has 3 nitrogen and oxygen atoms in total. The summed E-state index contributed by atoms with van der Waals surface area (Å²) in [5, 5.41) is 4.29. The van der Waals surface area contributed by atoms with E-state index in [1.54, 1.807) is 0 Å². The Morgan fingerprint density at radius 3 is 2.15 bits per heavy atom. The van der Waals surface area contributed by atoms with Crippen LogP contribution in [0, 0.1) is 23.2 Å². The third-order valence-electron chi connectivity index (χ3n) is 15.8. The van der Waals surface area contributed by atoms with Crippen molar-refractivity contribution in [2.45, 2.75) is 87.6 Å². The molecule has 0 saturated carbocycles. The van der Waals surface area contributed by atoms with Gasteiger partial charge in [-0.2, -0.15) is 0 Å². The van der Waals surface area contributed by atoms with Gasteiger partial charge < -0.3 is 10.2 Å². The molecule has 0 amide bonds. The van der Waals surface area contributed by atoms with Crippen LogP contribution >= 0.6 is 11.8 Å². The molecule has 3 heterocycles. The molecular formula is C61H61N3S. The van der Waals surface area contributed by atoms with E-state index >= 15 is 0 Å². The Morgan fingerprint density at radius 1 is 0.692 bits per heavy atom. The zero-order valence-electron chi connectivity index (χ0n) is 38.7. The van der Waals surface area contributed by atoms with Crippen LogP contribution in [0.15, 0.2) is 208 Å². The van der Waals surface area contributed by atoms with Crippen LogP contribution in [0.2, 0.25) is 0 Å². The number of benzene rings is 5. The number of hydrogen-bond donors (Lipinski definition) is 1. The molecule has 5 aromatic rings. The van der Waals surface area contributed by atoms with Crippen LogP contribution in [0.1, 0.15) is 93.8 Å². The van der Waals surface area contributed by atoms with Gasteiger partial charge in [0.1, 0.15) is 5.84 Å². The molecule has 0 bridgehead atoms. The molecule has 9 unspecified atom stereocenters. The monoisotopic (exact) mass is 867 g/mol. The lowest BCUT2D eigenvalue weighted by molar-refractivity contribution is 0.210. The topological polar surface area (TPSA) is 27.6 Å². The molecule has 326 valence electrons. The summed E-state index contributed by atoms with van der Waals surface area (Å²) in [4.78, 5) is 9.61. The number of nitrogens with zero attached hydrogens (tertiary/aromatic N) is 2. The Kier molecular flexibility index (Phi) is 10.7. The number of allylic oxidation sites excluding steroid dienone is 10. The molecular weight excluding hydrogens is 807 g/mol. The molecule has 1 N–H and O–H groups in total. The number of fused-ring (bicyclic) bond motifs is 4. The molecule has 0 aromatic heterocycles. The first-order chi connectivity index (χ1) is 31.6. The highest BCUT2D eigenvalue weighted by atomic mass is 32.2. The van der Waals surface area contributed by atoms with E-state index in [-0.39, 0.29) is 40.1 Å². The van der Waals surface area contributed by atoms with Crippen LogP contribution in [0.3, 0.4) is 0 Å². The highest BCUT2D eigenvalue weighted by Gasteiger charge is 2.57. The number of aliphatic imine (C=N–C) groups is 1. The number of rotatable bonds is 7. The molecule has 0 radical (unpaired) electrons. The molecule has 65 heavy (non-hydrogen) atoms. The van der Waals surface area contributed by atoms with Gasteiger partial charge in [-0.15, -0.1) is 11.8 Å². The van der Waals surface area contributed by atoms with Crippen LogP contribution in [0.5, 0.6) is 0 Å². The maximum Gasteiger partial charge on any atom is 0.129 e. The third-order valence-corrected chi connectivity index (χ3v) is 17.4. The van der Waals surface area contributed by atoms with Crippen molar-refractivity contribution >= 4 is 23.2 Å². The zero-order valence-corrected chi connectivity index (χ0v) is 39.5. The average Bonchev–Trinajstić information content (AvgIpc) is 3.65. The Hall–Kier alpha value is -5.84. The standard InChI is InChI=1S/C61H61N3S/c1-39-24-31-49(32-25-39)60(4)36-34-44(35-37-60)55-41(3)54(43-18-11-8-12-19-43)62-59(63-55)46-29-27-45(28-30-46)57-58-61(5,51-22-13-14-23-52(51)65-58)53-50(33-26-40(2)56(53)64(57)6)48-21-15-20-47(38-48)42-16-9-7-10-17-42/h7-24,27-36,38-41,54-55,57-58H,25-26,37H2,1-6H3,(H,62,63). The van der Waals surface area contributed by atoms with E-state index in [1.165, 1.54) is 66.3 Å². The van der Waals surface area contributed by atoms with Gasteiger partial charge in [0.05, 0.1) is 18.1 Å². The van der Waals surface area contributed by atoms with E-state index in [0.717, 1.165) is 30.7 Å². The van der Waals surface area contributed by atoms with E-state index in [2.05, 4.69) is 240 Å². The molecule has 4 heteroatoms. The quantitative estimate of drug-likeness (QED) is 0.177. The number of hydrogen-bond acceptors (Lipinski definition) is 4. The summed E-state index contributed by atoms with van der Waals surface area (Å²) in [6.45, 7) is 12.1. The summed E-state index contributed by atoms with van der Waals surface area (Å²) in [5.74, 6) is 2.25. The van der Waals surface area contributed by atoms with Crippen LogP contribution in [0.25, 0.3) is 16.7 Å². The van der Waals surface area contributed by atoms with Crippen molar-refractivity contribution in [3.63, 3.8) is 0 Å². The van der Waals surface area contributed by atoms with E-state index in [9.17, 15) is 0 Å². The summed E-state index contributed by atoms with van der Waals surface area (Å²) >= 11 is 2.08. The lowest BCUT2D eigenvalue weighted by Crippen LogP contribution is -2.50. The van der Waals surface area contributed by atoms with Crippen molar-refractivity contribution in [3.8, 4) is 11.1 Å². The summed E-state index contributed by atoms with van der Waals surface area (Å²) in [7, 11) is 2.37. The summed E-state index contributed by atoms with van der Waals surface area (Å²) in [6.07, 6.45) is 20.2. The van der Waals surface area contributed by atoms with Crippen molar-refractivity contribution in [2.24, 2.45) is 28.2 Å². The summed E-state index contributed by atoms with van der Waals surface area (Å²) in [5.41, 5.74) is 16.0. The van der Waals surface area contributed by atoms with Crippen LogP contribution < -0.4 is 5.32 Å². The fourth-order valence-corrected chi connectivity index (χ4v) is 13.8. The molecule has 3 aliphatic heterocycles. The van der Waals surface area contributed by atoms with Crippen LogP contribution in [-0.4, -0.2) is 29.1 Å². The minimum atomic E-state index is -0.198. The highest BCUT2D eigenvalue weighted by molar-refractivity contribution is 8.00. The average molecular weight is 868 g/mol. The zero-order chi connectivity index (χ0) is 44.5. The largest absolute Gasteiger partial charge is 0.369 e. The lowest BCUT2D eigenvalue weighted by Gasteiger charge is -2.53. The first-order valence-electron chi connectivity index (χ1n) is 24.0. The minimum absolute atomic E-state index is 0.0164. The molecule has 11 rings (SSSR count). The maximum atomic E-state index is 5.54. The van der Waals surface area contributed by atoms with Crippen LogP contribution in [0.4, 0.5) is 0 Å².